The molecule has 0 radical (unpaired) electrons. The molecule has 3 aromatic heterocycles. The van der Waals surface area contributed by atoms with E-state index in [0.29, 0.717) is 33.9 Å². The highest BCUT2D eigenvalue weighted by molar-refractivity contribution is 7.18. The van der Waals surface area contributed by atoms with Gasteiger partial charge in [0.2, 0.25) is 5.13 Å². The zero-order chi connectivity index (χ0) is 21.3. The maximum Gasteiger partial charge on any atom is 0.267 e. The number of methoxy groups -OCH3 is 1. The van der Waals surface area contributed by atoms with Crippen molar-refractivity contribution in [3.8, 4) is 22.2 Å². The van der Waals surface area contributed by atoms with Crippen molar-refractivity contribution in [1.82, 2.24) is 19.7 Å². The highest BCUT2D eigenvalue weighted by Crippen LogP contribution is 2.29. The Balaban J connectivity index is 1.69. The summed E-state index contributed by atoms with van der Waals surface area (Å²) in [6.07, 6.45) is 1.58. The number of aryl methyl sites for hydroxylation is 1. The molecule has 4 rings (SSSR count). The van der Waals surface area contributed by atoms with Gasteiger partial charge in [-0.1, -0.05) is 23.5 Å². The number of nitrogens with one attached hydrogen (secondary N) is 1. The number of fused-ring (bicyclic) bond motifs is 1. The van der Waals surface area contributed by atoms with Gasteiger partial charge in [-0.3, -0.25) is 19.9 Å². The Bertz CT molecular complexity index is 1310. The van der Waals surface area contributed by atoms with Crippen LogP contribution in [0.3, 0.4) is 0 Å². The first-order valence-corrected chi connectivity index (χ1v) is 9.85. The summed E-state index contributed by atoms with van der Waals surface area (Å²) < 4.78 is 6.61. The SMILES string of the molecule is CCn1c(=O)c(C(=O)Nc2nnc(-c3cc(OC)ccn3)s2)c(O)c2ccccc21. The minimum absolute atomic E-state index is 0.176. The molecular formula is C20H17N5O4S. The number of aromatic nitrogens is 4. The predicted molar refractivity (Wildman–Crippen MR) is 113 cm³/mol. The second-order valence-electron chi connectivity index (χ2n) is 6.24. The molecule has 0 atom stereocenters. The summed E-state index contributed by atoms with van der Waals surface area (Å²) in [4.78, 5) is 29.9. The number of rotatable bonds is 5. The third kappa shape index (κ3) is 3.37. The number of pyridine rings is 2. The molecule has 1 aromatic carbocycles. The van der Waals surface area contributed by atoms with E-state index in [9.17, 15) is 14.7 Å². The summed E-state index contributed by atoms with van der Waals surface area (Å²) in [5.74, 6) is -0.509. The van der Waals surface area contributed by atoms with E-state index in [2.05, 4.69) is 20.5 Å². The number of anilines is 1. The summed E-state index contributed by atoms with van der Waals surface area (Å²) >= 11 is 1.09. The molecule has 30 heavy (non-hydrogen) atoms. The average Bonchev–Trinajstić information content (AvgIpc) is 3.22. The van der Waals surface area contributed by atoms with Gasteiger partial charge in [-0.25, -0.2) is 0 Å². The maximum absolute atomic E-state index is 12.8. The molecule has 0 aliphatic heterocycles. The molecule has 3 heterocycles. The van der Waals surface area contributed by atoms with Crippen LogP contribution in [-0.2, 0) is 6.54 Å². The van der Waals surface area contributed by atoms with Crippen molar-refractivity contribution >= 4 is 33.3 Å². The van der Waals surface area contributed by atoms with E-state index in [4.69, 9.17) is 4.74 Å². The molecule has 10 heteroatoms. The van der Waals surface area contributed by atoms with Gasteiger partial charge in [0, 0.05) is 24.2 Å². The van der Waals surface area contributed by atoms with Crippen LogP contribution in [0, 0.1) is 0 Å². The molecule has 1 amide bonds. The van der Waals surface area contributed by atoms with E-state index in [1.165, 1.54) is 4.57 Å². The number of carbonyl (C=O) groups excluding carboxylic acids is 1. The van der Waals surface area contributed by atoms with Crippen LogP contribution in [-0.4, -0.2) is 37.9 Å². The van der Waals surface area contributed by atoms with E-state index < -0.39 is 11.5 Å². The second-order valence-corrected chi connectivity index (χ2v) is 7.22. The smallest absolute Gasteiger partial charge is 0.267 e. The zero-order valence-electron chi connectivity index (χ0n) is 16.1. The van der Waals surface area contributed by atoms with E-state index in [1.54, 1.807) is 56.6 Å². The molecule has 0 fully saturated rings. The Kier molecular flexibility index (Phi) is 5.15. The highest BCUT2D eigenvalue weighted by atomic mass is 32.1. The normalized spacial score (nSPS) is 10.9. The first kappa shape index (κ1) is 19.5. The number of ether oxygens (including phenoxy) is 1. The lowest BCUT2D eigenvalue weighted by atomic mass is 10.1. The van der Waals surface area contributed by atoms with Crippen molar-refractivity contribution in [3.05, 3.63) is 58.5 Å². The van der Waals surface area contributed by atoms with Gasteiger partial charge in [0.1, 0.15) is 22.8 Å². The minimum atomic E-state index is -0.758. The largest absolute Gasteiger partial charge is 0.506 e. The number of carbonyl (C=O) groups is 1. The molecular weight excluding hydrogens is 406 g/mol. The molecule has 0 bridgehead atoms. The number of amides is 1. The second kappa shape index (κ2) is 7.91. The van der Waals surface area contributed by atoms with Crippen molar-refractivity contribution in [2.45, 2.75) is 13.5 Å². The summed E-state index contributed by atoms with van der Waals surface area (Å²) in [6.45, 7) is 2.15. The van der Waals surface area contributed by atoms with Crippen molar-refractivity contribution < 1.29 is 14.6 Å². The monoisotopic (exact) mass is 423 g/mol. The van der Waals surface area contributed by atoms with Crippen LogP contribution in [0.15, 0.2) is 47.4 Å². The van der Waals surface area contributed by atoms with Crippen LogP contribution in [0.1, 0.15) is 17.3 Å². The zero-order valence-corrected chi connectivity index (χ0v) is 16.9. The van der Waals surface area contributed by atoms with Crippen LogP contribution < -0.4 is 15.6 Å². The average molecular weight is 423 g/mol. The highest BCUT2D eigenvalue weighted by Gasteiger charge is 2.23. The first-order valence-electron chi connectivity index (χ1n) is 9.03. The Hall–Kier alpha value is -3.79. The minimum Gasteiger partial charge on any atom is -0.506 e. The van der Waals surface area contributed by atoms with Gasteiger partial charge in [-0.15, -0.1) is 10.2 Å². The summed E-state index contributed by atoms with van der Waals surface area (Å²) in [6, 6.07) is 10.3. The topological polar surface area (TPSA) is 119 Å². The molecule has 2 N–H and O–H groups in total. The lowest BCUT2D eigenvalue weighted by molar-refractivity contribution is 0.102. The van der Waals surface area contributed by atoms with Crippen LogP contribution >= 0.6 is 11.3 Å². The van der Waals surface area contributed by atoms with Gasteiger partial charge in [-0.2, -0.15) is 0 Å². The number of aromatic hydroxyl groups is 1. The maximum atomic E-state index is 12.8. The standard InChI is InChI=1S/C20H17N5O4S/c1-3-25-14-7-5-4-6-12(14)16(26)15(19(25)28)17(27)22-20-24-23-18(30-20)13-10-11(29-2)8-9-21-13/h4-10,26H,3H2,1-2H3,(H,22,24,27). The van der Waals surface area contributed by atoms with Crippen LogP contribution in [0.4, 0.5) is 5.13 Å². The van der Waals surface area contributed by atoms with E-state index >= 15 is 0 Å². The lowest BCUT2D eigenvalue weighted by Gasteiger charge is -2.12. The third-order valence-electron chi connectivity index (χ3n) is 4.52. The molecule has 0 aliphatic rings. The van der Waals surface area contributed by atoms with Gasteiger partial charge in [-0.05, 0) is 25.1 Å². The Morgan fingerprint density at radius 1 is 1.27 bits per heavy atom. The Morgan fingerprint density at radius 2 is 2.07 bits per heavy atom. The third-order valence-corrected chi connectivity index (χ3v) is 5.38. The van der Waals surface area contributed by atoms with Crippen molar-refractivity contribution in [3.63, 3.8) is 0 Å². The number of hydrogen-bond donors (Lipinski definition) is 2. The Labute approximate surface area is 174 Å². The number of para-hydroxylation sites is 1. The summed E-state index contributed by atoms with van der Waals surface area (Å²) in [5, 5.41) is 22.2. The van der Waals surface area contributed by atoms with Crippen LogP contribution in [0.5, 0.6) is 11.5 Å². The van der Waals surface area contributed by atoms with Gasteiger partial charge < -0.3 is 14.4 Å². The van der Waals surface area contributed by atoms with Crippen molar-refractivity contribution in [1.29, 1.82) is 0 Å². The predicted octanol–water partition coefficient (Wildman–Crippen LogP) is 2.90. The molecule has 0 unspecified atom stereocenters. The van der Waals surface area contributed by atoms with E-state index in [0.717, 1.165) is 11.3 Å². The molecule has 0 saturated carbocycles. The summed E-state index contributed by atoms with van der Waals surface area (Å²) in [5.41, 5.74) is 0.174. The quantitative estimate of drug-likeness (QED) is 0.506. The summed E-state index contributed by atoms with van der Waals surface area (Å²) in [7, 11) is 1.55. The fourth-order valence-electron chi connectivity index (χ4n) is 3.10. The molecule has 152 valence electrons. The number of benzene rings is 1. The molecule has 9 nitrogen and oxygen atoms in total. The number of nitrogens with zero attached hydrogens (tertiary/aromatic N) is 4. The van der Waals surface area contributed by atoms with Gasteiger partial charge in [0.15, 0.2) is 5.01 Å². The first-order chi connectivity index (χ1) is 14.5. The van der Waals surface area contributed by atoms with E-state index in [1.807, 2.05) is 0 Å². The molecule has 0 aliphatic carbocycles. The number of hydrogen-bond acceptors (Lipinski definition) is 8. The van der Waals surface area contributed by atoms with Gasteiger partial charge in [0.25, 0.3) is 11.5 Å². The van der Waals surface area contributed by atoms with E-state index in [-0.39, 0.29) is 16.4 Å². The van der Waals surface area contributed by atoms with Gasteiger partial charge in [0.05, 0.1) is 12.6 Å². The van der Waals surface area contributed by atoms with Crippen molar-refractivity contribution in [2.75, 3.05) is 12.4 Å². The molecule has 0 saturated heterocycles. The van der Waals surface area contributed by atoms with Crippen LogP contribution in [0.25, 0.3) is 21.6 Å². The van der Waals surface area contributed by atoms with Crippen molar-refractivity contribution in [2.24, 2.45) is 0 Å². The fraction of sp³-hybridized carbons (Fsp3) is 0.150. The Morgan fingerprint density at radius 3 is 2.83 bits per heavy atom. The fourth-order valence-corrected chi connectivity index (χ4v) is 3.81. The molecule has 4 aromatic rings. The molecule has 0 spiro atoms. The van der Waals surface area contributed by atoms with Crippen LogP contribution in [0.2, 0.25) is 0 Å². The van der Waals surface area contributed by atoms with Gasteiger partial charge >= 0.3 is 0 Å². The lowest BCUT2D eigenvalue weighted by Crippen LogP contribution is -2.29.